The van der Waals surface area contributed by atoms with Crippen LogP contribution in [0.15, 0.2) is 42.5 Å². The molecule has 0 aliphatic heterocycles. The molecule has 0 unspecified atom stereocenters. The lowest BCUT2D eigenvalue weighted by Crippen LogP contribution is -2.01. The number of thiophene rings is 1. The lowest BCUT2D eigenvalue weighted by molar-refractivity contribution is 0.307. The maximum atomic E-state index is 5.98. The first-order chi connectivity index (χ1) is 10.2. The van der Waals surface area contributed by atoms with Crippen molar-refractivity contribution >= 4 is 44.6 Å². The topological polar surface area (TPSA) is 35.2 Å². The highest BCUT2D eigenvalue weighted by atomic mass is 35.5. The summed E-state index contributed by atoms with van der Waals surface area (Å²) in [6.07, 6.45) is 0. The van der Waals surface area contributed by atoms with Gasteiger partial charge in [0.2, 0.25) is 0 Å². The van der Waals surface area contributed by atoms with Crippen LogP contribution in [0.3, 0.4) is 0 Å². The Bertz CT molecular complexity index is 765. The molecule has 0 atom stereocenters. The van der Waals surface area contributed by atoms with Gasteiger partial charge in [-0.25, -0.2) is 0 Å². The lowest BCUT2D eigenvalue weighted by Gasteiger charge is -2.08. The van der Waals surface area contributed by atoms with E-state index in [1.54, 1.807) is 29.5 Å². The van der Waals surface area contributed by atoms with Crippen LogP contribution in [0.1, 0.15) is 10.4 Å². The van der Waals surface area contributed by atoms with Crippen molar-refractivity contribution in [2.24, 2.45) is 5.73 Å². The number of rotatable bonds is 4. The number of fused-ring (bicyclic) bond motifs is 1. The van der Waals surface area contributed by atoms with Crippen molar-refractivity contribution < 1.29 is 4.74 Å². The van der Waals surface area contributed by atoms with Gasteiger partial charge in [0.15, 0.2) is 0 Å². The van der Waals surface area contributed by atoms with Gasteiger partial charge in [0, 0.05) is 31.7 Å². The Morgan fingerprint density at radius 2 is 1.76 bits per heavy atom. The van der Waals surface area contributed by atoms with Gasteiger partial charge < -0.3 is 10.5 Å². The van der Waals surface area contributed by atoms with E-state index < -0.39 is 0 Å². The highest BCUT2D eigenvalue weighted by Crippen LogP contribution is 2.32. The van der Waals surface area contributed by atoms with Crippen LogP contribution in [-0.2, 0) is 13.2 Å². The van der Waals surface area contributed by atoms with Gasteiger partial charge in [-0.15, -0.1) is 11.3 Å². The van der Waals surface area contributed by atoms with Crippen LogP contribution in [0.5, 0.6) is 5.75 Å². The second-order valence-electron chi connectivity index (χ2n) is 4.60. The van der Waals surface area contributed by atoms with Crippen LogP contribution in [0.25, 0.3) is 10.1 Å². The van der Waals surface area contributed by atoms with Crippen LogP contribution in [0.4, 0.5) is 0 Å². The Hall–Kier alpha value is -1.26. The molecule has 5 heteroatoms. The summed E-state index contributed by atoms with van der Waals surface area (Å²) >= 11 is 13.7. The standard InChI is InChI=1S/C16H13Cl2NOS/c17-10-5-11(18)7-12(6-10)20-9-14-13-3-1-2-4-15(13)21-16(14)8-19/h1-7H,8-9,19H2. The Morgan fingerprint density at radius 3 is 2.48 bits per heavy atom. The fraction of sp³-hybridized carbons (Fsp3) is 0.125. The molecule has 0 spiro atoms. The van der Waals surface area contributed by atoms with Gasteiger partial charge in [-0.3, -0.25) is 0 Å². The van der Waals surface area contributed by atoms with Gasteiger partial charge >= 0.3 is 0 Å². The Labute approximate surface area is 137 Å². The summed E-state index contributed by atoms with van der Waals surface area (Å²) in [5.41, 5.74) is 6.98. The van der Waals surface area contributed by atoms with E-state index in [-0.39, 0.29) is 0 Å². The minimum absolute atomic E-state index is 0.452. The van der Waals surface area contributed by atoms with Crippen LogP contribution in [-0.4, -0.2) is 0 Å². The minimum atomic E-state index is 0.452. The van der Waals surface area contributed by atoms with Crippen molar-refractivity contribution in [3.05, 3.63) is 63.0 Å². The molecule has 1 heterocycles. The van der Waals surface area contributed by atoms with Gasteiger partial charge in [0.05, 0.1) is 0 Å². The molecule has 0 saturated heterocycles. The fourth-order valence-electron chi connectivity index (χ4n) is 2.24. The van der Waals surface area contributed by atoms with Gasteiger partial charge in [-0.05, 0) is 29.7 Å². The molecule has 1 aromatic heterocycles. The Kier molecular flexibility index (Phi) is 4.36. The zero-order valence-corrected chi connectivity index (χ0v) is 13.4. The summed E-state index contributed by atoms with van der Waals surface area (Å²) in [4.78, 5) is 1.14. The van der Waals surface area contributed by atoms with E-state index in [1.807, 2.05) is 12.1 Å². The molecule has 2 N–H and O–H groups in total. The quantitative estimate of drug-likeness (QED) is 0.705. The van der Waals surface area contributed by atoms with Crippen molar-refractivity contribution in [3.63, 3.8) is 0 Å². The predicted octanol–water partition coefficient (Wildman–Crippen LogP) is 5.25. The molecule has 0 aliphatic rings. The Balaban J connectivity index is 1.90. The average molecular weight is 338 g/mol. The molecule has 0 fully saturated rings. The number of halogens is 2. The van der Waals surface area contributed by atoms with Crippen molar-refractivity contribution in [3.8, 4) is 5.75 Å². The maximum Gasteiger partial charge on any atom is 0.122 e. The predicted molar refractivity (Wildman–Crippen MR) is 90.5 cm³/mol. The van der Waals surface area contributed by atoms with Crippen LogP contribution in [0.2, 0.25) is 10.0 Å². The zero-order chi connectivity index (χ0) is 14.8. The Morgan fingerprint density at radius 1 is 1.05 bits per heavy atom. The first kappa shape index (κ1) is 14.7. The maximum absolute atomic E-state index is 5.98. The number of benzene rings is 2. The molecule has 0 saturated carbocycles. The molecule has 0 radical (unpaired) electrons. The molecule has 0 amide bonds. The van der Waals surface area contributed by atoms with Crippen molar-refractivity contribution in [2.45, 2.75) is 13.2 Å². The molecule has 2 nitrogen and oxygen atoms in total. The average Bonchev–Trinajstić information content (AvgIpc) is 2.82. The molecular weight excluding hydrogens is 325 g/mol. The minimum Gasteiger partial charge on any atom is -0.489 e. The summed E-state index contributed by atoms with van der Waals surface area (Å²) in [5, 5.41) is 2.31. The number of hydrogen-bond donors (Lipinski definition) is 1. The van der Waals surface area contributed by atoms with Crippen LogP contribution >= 0.6 is 34.5 Å². The molecule has 108 valence electrons. The van der Waals surface area contributed by atoms with E-state index in [4.69, 9.17) is 33.7 Å². The SMILES string of the molecule is NCc1sc2ccccc2c1COc1cc(Cl)cc(Cl)c1. The van der Waals surface area contributed by atoms with E-state index in [1.165, 1.54) is 10.1 Å². The van der Waals surface area contributed by atoms with Crippen molar-refractivity contribution in [2.75, 3.05) is 0 Å². The molecule has 0 bridgehead atoms. The van der Waals surface area contributed by atoms with Gasteiger partial charge in [-0.1, -0.05) is 41.4 Å². The summed E-state index contributed by atoms with van der Waals surface area (Å²) in [5.74, 6) is 0.658. The zero-order valence-electron chi connectivity index (χ0n) is 11.1. The van der Waals surface area contributed by atoms with Gasteiger partial charge in [-0.2, -0.15) is 0 Å². The summed E-state index contributed by atoms with van der Waals surface area (Å²) < 4.78 is 7.07. The van der Waals surface area contributed by atoms with Crippen molar-refractivity contribution in [1.29, 1.82) is 0 Å². The molecule has 21 heavy (non-hydrogen) atoms. The second-order valence-corrected chi connectivity index (χ2v) is 6.61. The van der Waals surface area contributed by atoms with Gasteiger partial charge in [0.1, 0.15) is 12.4 Å². The third kappa shape index (κ3) is 3.16. The highest BCUT2D eigenvalue weighted by Gasteiger charge is 2.11. The number of nitrogens with two attached hydrogens (primary N) is 1. The molecule has 0 aliphatic carbocycles. The summed E-state index contributed by atoms with van der Waals surface area (Å²) in [7, 11) is 0. The molecule has 2 aromatic carbocycles. The fourth-order valence-corrected chi connectivity index (χ4v) is 3.83. The largest absolute Gasteiger partial charge is 0.489 e. The summed E-state index contributed by atoms with van der Waals surface area (Å²) in [6.45, 7) is 0.960. The van der Waals surface area contributed by atoms with E-state index >= 15 is 0 Å². The lowest BCUT2D eigenvalue weighted by atomic mass is 10.1. The molecule has 3 aromatic rings. The van der Waals surface area contributed by atoms with E-state index in [0.29, 0.717) is 28.9 Å². The third-order valence-electron chi connectivity index (χ3n) is 3.19. The van der Waals surface area contributed by atoms with Crippen LogP contribution in [0, 0.1) is 0 Å². The monoisotopic (exact) mass is 337 g/mol. The highest BCUT2D eigenvalue weighted by molar-refractivity contribution is 7.19. The van der Waals surface area contributed by atoms with E-state index in [2.05, 4.69) is 12.1 Å². The number of hydrogen-bond acceptors (Lipinski definition) is 3. The van der Waals surface area contributed by atoms with E-state index in [9.17, 15) is 0 Å². The van der Waals surface area contributed by atoms with Crippen molar-refractivity contribution in [1.82, 2.24) is 0 Å². The molecule has 3 rings (SSSR count). The first-order valence-electron chi connectivity index (χ1n) is 6.45. The number of ether oxygens (including phenoxy) is 1. The normalized spacial score (nSPS) is 11.0. The van der Waals surface area contributed by atoms with Crippen LogP contribution < -0.4 is 10.5 Å². The smallest absolute Gasteiger partial charge is 0.122 e. The second kappa shape index (κ2) is 6.24. The van der Waals surface area contributed by atoms with Gasteiger partial charge in [0.25, 0.3) is 0 Å². The van der Waals surface area contributed by atoms with E-state index in [0.717, 1.165) is 10.4 Å². The summed E-state index contributed by atoms with van der Waals surface area (Å²) in [6, 6.07) is 13.4. The first-order valence-corrected chi connectivity index (χ1v) is 8.03. The molecular formula is C16H13Cl2NOS. The third-order valence-corrected chi connectivity index (χ3v) is 4.86.